The minimum absolute atomic E-state index is 0.295. The van der Waals surface area contributed by atoms with Gasteiger partial charge in [-0.3, -0.25) is 0 Å². The van der Waals surface area contributed by atoms with Gasteiger partial charge in [0, 0.05) is 43.5 Å². The number of rotatable bonds is 8. The lowest BCUT2D eigenvalue weighted by Crippen LogP contribution is -2.44. The molecular formula is C26H25N7O2. The quantitative estimate of drug-likeness (QED) is 0.376. The third-order valence-corrected chi connectivity index (χ3v) is 5.60. The highest BCUT2D eigenvalue weighted by atomic mass is 16.5. The van der Waals surface area contributed by atoms with Gasteiger partial charge in [0.05, 0.1) is 12.2 Å². The third kappa shape index (κ3) is 5.82. The number of nitrogens with zero attached hydrogens (tertiary/aromatic N) is 5. The summed E-state index contributed by atoms with van der Waals surface area (Å²) in [6.07, 6.45) is 3.92. The van der Waals surface area contributed by atoms with Crippen molar-refractivity contribution in [2.24, 2.45) is 5.92 Å². The van der Waals surface area contributed by atoms with E-state index in [1.165, 1.54) is 0 Å². The van der Waals surface area contributed by atoms with E-state index in [2.05, 4.69) is 35.6 Å². The topological polar surface area (TPSA) is 115 Å². The lowest BCUT2D eigenvalue weighted by Gasteiger charge is -2.26. The van der Waals surface area contributed by atoms with E-state index < -0.39 is 0 Å². The van der Waals surface area contributed by atoms with Crippen molar-refractivity contribution in [1.82, 2.24) is 30.2 Å². The number of carbonyl (C=O) groups is 1. The molecule has 176 valence electrons. The molecule has 0 atom stereocenters. The molecule has 0 saturated carbocycles. The maximum atomic E-state index is 12.2. The van der Waals surface area contributed by atoms with Crippen LogP contribution in [0.25, 0.3) is 11.5 Å². The highest BCUT2D eigenvalue weighted by Gasteiger charge is 2.19. The Kier molecular flexibility index (Phi) is 6.67. The second-order valence-corrected chi connectivity index (χ2v) is 8.41. The number of hydrogen-bond donors (Lipinski definition) is 2. The van der Waals surface area contributed by atoms with Gasteiger partial charge in [0.25, 0.3) is 0 Å². The Labute approximate surface area is 203 Å². The normalized spacial score (nSPS) is 13.2. The van der Waals surface area contributed by atoms with Gasteiger partial charge < -0.3 is 15.4 Å². The summed E-state index contributed by atoms with van der Waals surface area (Å²) in [7, 11) is 0. The van der Waals surface area contributed by atoms with Gasteiger partial charge in [-0.1, -0.05) is 18.2 Å². The zero-order chi connectivity index (χ0) is 24.0. The third-order valence-electron chi connectivity index (χ3n) is 5.60. The van der Waals surface area contributed by atoms with E-state index in [0.717, 1.165) is 24.3 Å². The van der Waals surface area contributed by atoms with E-state index in [1.54, 1.807) is 36.7 Å². The molecule has 3 aromatic heterocycles. The van der Waals surface area contributed by atoms with E-state index >= 15 is 0 Å². The number of aryl methyl sites for hydroxylation is 1. The summed E-state index contributed by atoms with van der Waals surface area (Å²) < 4.78 is 5.38. The second-order valence-electron chi connectivity index (χ2n) is 8.41. The Morgan fingerprint density at radius 2 is 1.74 bits per heavy atom. The standard InChI is InChI=1S/C26H25N7O2/c1-17-3-2-4-21(30-17)25-29-12-10-23(33-25)31-22-9-11-28-24(32-22)13-18-5-7-20(8-6-18)26(34)35-16-19-14-27-15-19/h2-12,19,27H,13-16H2,1H3,(H,28,29,31,32,33). The Bertz CT molecular complexity index is 1320. The summed E-state index contributed by atoms with van der Waals surface area (Å²) in [5.41, 5.74) is 3.15. The second kappa shape index (κ2) is 10.4. The SMILES string of the molecule is Cc1cccc(-c2nccc(Nc3ccnc(Cc4ccc(C(=O)OCC5CNC5)cc4)n3)n2)n1. The number of carbonyl (C=O) groups excluding carboxylic acids is 1. The van der Waals surface area contributed by atoms with E-state index in [0.29, 0.717) is 53.5 Å². The molecule has 9 nitrogen and oxygen atoms in total. The highest BCUT2D eigenvalue weighted by Crippen LogP contribution is 2.18. The van der Waals surface area contributed by atoms with Crippen LogP contribution in [-0.2, 0) is 11.2 Å². The van der Waals surface area contributed by atoms with Crippen molar-refractivity contribution < 1.29 is 9.53 Å². The van der Waals surface area contributed by atoms with Gasteiger partial charge in [0.1, 0.15) is 23.2 Å². The van der Waals surface area contributed by atoms with Gasteiger partial charge in [0.2, 0.25) is 0 Å². The monoisotopic (exact) mass is 467 g/mol. The van der Waals surface area contributed by atoms with Crippen molar-refractivity contribution in [3.63, 3.8) is 0 Å². The molecule has 0 amide bonds. The fourth-order valence-corrected chi connectivity index (χ4v) is 3.59. The van der Waals surface area contributed by atoms with E-state index in [1.807, 2.05) is 37.3 Å². The zero-order valence-corrected chi connectivity index (χ0v) is 19.3. The van der Waals surface area contributed by atoms with Gasteiger partial charge in [0.15, 0.2) is 5.82 Å². The summed E-state index contributed by atoms with van der Waals surface area (Å²) >= 11 is 0. The molecule has 0 aliphatic carbocycles. The van der Waals surface area contributed by atoms with Crippen LogP contribution in [0.3, 0.4) is 0 Å². The summed E-state index contributed by atoms with van der Waals surface area (Å²) in [6.45, 7) is 4.20. The zero-order valence-electron chi connectivity index (χ0n) is 19.3. The first kappa shape index (κ1) is 22.5. The average molecular weight is 468 g/mol. The molecule has 1 aromatic carbocycles. The van der Waals surface area contributed by atoms with Crippen molar-refractivity contribution in [2.45, 2.75) is 13.3 Å². The molecule has 4 aromatic rings. The van der Waals surface area contributed by atoms with Gasteiger partial charge in [-0.05, 0) is 48.9 Å². The van der Waals surface area contributed by atoms with Crippen LogP contribution in [0.5, 0.6) is 0 Å². The van der Waals surface area contributed by atoms with Crippen molar-refractivity contribution in [2.75, 3.05) is 25.0 Å². The van der Waals surface area contributed by atoms with Crippen LogP contribution in [-0.4, -0.2) is 50.6 Å². The Morgan fingerprint density at radius 1 is 0.971 bits per heavy atom. The smallest absolute Gasteiger partial charge is 0.338 e. The Balaban J connectivity index is 1.22. The predicted molar refractivity (Wildman–Crippen MR) is 131 cm³/mol. The summed E-state index contributed by atoms with van der Waals surface area (Å²) in [4.78, 5) is 34.6. The first-order chi connectivity index (χ1) is 17.1. The molecule has 1 saturated heterocycles. The fraction of sp³-hybridized carbons (Fsp3) is 0.231. The predicted octanol–water partition coefficient (Wildman–Crippen LogP) is 3.35. The maximum absolute atomic E-state index is 12.2. The molecule has 4 heterocycles. The average Bonchev–Trinajstić information content (AvgIpc) is 2.84. The largest absolute Gasteiger partial charge is 0.462 e. The van der Waals surface area contributed by atoms with Crippen LogP contribution in [0.2, 0.25) is 0 Å². The maximum Gasteiger partial charge on any atom is 0.338 e. The molecule has 35 heavy (non-hydrogen) atoms. The summed E-state index contributed by atoms with van der Waals surface area (Å²) in [5.74, 6) is 2.56. The summed E-state index contributed by atoms with van der Waals surface area (Å²) in [6, 6.07) is 16.7. The van der Waals surface area contributed by atoms with E-state index in [-0.39, 0.29) is 5.97 Å². The lowest BCUT2D eigenvalue weighted by atomic mass is 10.1. The molecule has 0 radical (unpaired) electrons. The Morgan fingerprint density at radius 3 is 2.49 bits per heavy atom. The highest BCUT2D eigenvalue weighted by molar-refractivity contribution is 5.89. The van der Waals surface area contributed by atoms with Crippen LogP contribution in [0, 0.1) is 12.8 Å². The fourth-order valence-electron chi connectivity index (χ4n) is 3.59. The van der Waals surface area contributed by atoms with Crippen molar-refractivity contribution >= 4 is 17.6 Å². The summed E-state index contributed by atoms with van der Waals surface area (Å²) in [5, 5.41) is 6.38. The molecule has 5 rings (SSSR count). The molecule has 0 spiro atoms. The van der Waals surface area contributed by atoms with Crippen LogP contribution < -0.4 is 10.6 Å². The van der Waals surface area contributed by atoms with Gasteiger partial charge in [-0.15, -0.1) is 0 Å². The Hall–Kier alpha value is -4.24. The number of aromatic nitrogens is 5. The molecule has 9 heteroatoms. The van der Waals surface area contributed by atoms with E-state index in [4.69, 9.17) is 4.74 Å². The first-order valence-electron chi connectivity index (χ1n) is 11.5. The van der Waals surface area contributed by atoms with Crippen LogP contribution >= 0.6 is 0 Å². The number of hydrogen-bond acceptors (Lipinski definition) is 9. The van der Waals surface area contributed by atoms with Crippen molar-refractivity contribution in [1.29, 1.82) is 0 Å². The molecule has 1 aliphatic heterocycles. The first-order valence-corrected chi connectivity index (χ1v) is 11.5. The lowest BCUT2D eigenvalue weighted by molar-refractivity contribution is 0.0398. The van der Waals surface area contributed by atoms with Crippen LogP contribution in [0.15, 0.2) is 67.0 Å². The number of nitrogens with one attached hydrogen (secondary N) is 2. The van der Waals surface area contributed by atoms with E-state index in [9.17, 15) is 4.79 Å². The molecule has 1 aliphatic rings. The molecule has 2 N–H and O–H groups in total. The van der Waals surface area contributed by atoms with Gasteiger partial charge in [-0.25, -0.2) is 29.7 Å². The minimum Gasteiger partial charge on any atom is -0.462 e. The molecule has 0 bridgehead atoms. The van der Waals surface area contributed by atoms with Crippen LogP contribution in [0.1, 0.15) is 27.4 Å². The number of ether oxygens (including phenoxy) is 1. The van der Waals surface area contributed by atoms with Gasteiger partial charge >= 0.3 is 5.97 Å². The number of anilines is 2. The molecule has 1 fully saturated rings. The number of pyridine rings is 1. The van der Waals surface area contributed by atoms with Crippen LogP contribution in [0.4, 0.5) is 11.6 Å². The molecule has 0 unspecified atom stereocenters. The van der Waals surface area contributed by atoms with Gasteiger partial charge in [-0.2, -0.15) is 0 Å². The van der Waals surface area contributed by atoms with Crippen molar-refractivity contribution in [3.8, 4) is 11.5 Å². The number of benzene rings is 1. The minimum atomic E-state index is -0.295. The number of esters is 1. The molecular weight excluding hydrogens is 442 g/mol. The van der Waals surface area contributed by atoms with Crippen molar-refractivity contribution in [3.05, 3.63) is 89.6 Å².